The molecule has 1 heterocycles. The molecule has 0 aliphatic rings. The summed E-state index contributed by atoms with van der Waals surface area (Å²) in [5.74, 6) is -0.579. The molecule has 0 saturated carbocycles. The zero-order chi connectivity index (χ0) is 17.8. The minimum Gasteiger partial charge on any atom is -0.399 e. The zero-order valence-electron chi connectivity index (χ0n) is 13.2. The Labute approximate surface area is 148 Å². The van der Waals surface area contributed by atoms with E-state index in [9.17, 15) is 9.59 Å². The molecule has 6 N–H and O–H groups in total. The first kappa shape index (κ1) is 16.5. The highest BCUT2D eigenvalue weighted by atomic mass is 32.1. The van der Waals surface area contributed by atoms with Crippen molar-refractivity contribution in [1.29, 1.82) is 0 Å². The van der Waals surface area contributed by atoms with Crippen LogP contribution in [0.3, 0.4) is 0 Å². The largest absolute Gasteiger partial charge is 0.399 e. The van der Waals surface area contributed by atoms with E-state index in [-0.39, 0.29) is 0 Å². The molecule has 0 aliphatic heterocycles. The van der Waals surface area contributed by atoms with Gasteiger partial charge < -0.3 is 16.8 Å². The average Bonchev–Trinajstić information content (AvgIpc) is 3.04. The fourth-order valence-electron chi connectivity index (χ4n) is 2.29. The maximum atomic E-state index is 12.1. The maximum Gasteiger partial charge on any atom is 0.324 e. The van der Waals surface area contributed by atoms with E-state index >= 15 is 0 Å². The number of carbonyl (C=O) groups is 2. The van der Waals surface area contributed by atoms with Crippen LogP contribution in [0.4, 0.5) is 21.2 Å². The molecule has 7 heteroatoms. The summed E-state index contributed by atoms with van der Waals surface area (Å²) < 4.78 is 0. The van der Waals surface area contributed by atoms with E-state index in [1.54, 1.807) is 23.6 Å². The lowest BCUT2D eigenvalue weighted by Gasteiger charge is -2.08. The van der Waals surface area contributed by atoms with Crippen LogP contribution in [-0.4, -0.2) is 11.9 Å². The molecule has 0 fully saturated rings. The number of amides is 3. The molecule has 0 spiro atoms. The lowest BCUT2D eigenvalue weighted by Crippen LogP contribution is -2.21. The van der Waals surface area contributed by atoms with E-state index < -0.39 is 11.9 Å². The van der Waals surface area contributed by atoms with E-state index in [1.165, 1.54) is 11.3 Å². The van der Waals surface area contributed by atoms with Gasteiger partial charge in [0.05, 0.1) is 5.56 Å². The zero-order valence-corrected chi connectivity index (χ0v) is 14.0. The number of rotatable bonds is 4. The second-order valence-corrected chi connectivity index (χ2v) is 6.22. The number of primary amides is 1. The summed E-state index contributed by atoms with van der Waals surface area (Å²) in [6, 6.07) is 16.1. The van der Waals surface area contributed by atoms with Gasteiger partial charge in [0, 0.05) is 11.4 Å². The van der Waals surface area contributed by atoms with Crippen LogP contribution in [-0.2, 0) is 0 Å². The van der Waals surface area contributed by atoms with Gasteiger partial charge >= 0.3 is 6.03 Å². The molecule has 0 unspecified atom stereocenters. The number of anilines is 3. The molecule has 3 aromatic rings. The molecular formula is C18H16N4O2S. The number of nitrogens with one attached hydrogen (secondary N) is 2. The summed E-state index contributed by atoms with van der Waals surface area (Å²) in [6.07, 6.45) is 0. The highest BCUT2D eigenvalue weighted by Crippen LogP contribution is 2.24. The third-order valence-electron chi connectivity index (χ3n) is 3.54. The Morgan fingerprint density at radius 2 is 1.44 bits per heavy atom. The van der Waals surface area contributed by atoms with Crippen LogP contribution in [0, 0.1) is 0 Å². The first-order chi connectivity index (χ1) is 12.0. The Hall–Kier alpha value is -3.32. The summed E-state index contributed by atoms with van der Waals surface area (Å²) in [5, 5.41) is 7.46. The van der Waals surface area contributed by atoms with E-state index in [4.69, 9.17) is 11.5 Å². The Morgan fingerprint density at radius 3 is 2.04 bits per heavy atom. The van der Waals surface area contributed by atoms with Gasteiger partial charge in [0.15, 0.2) is 0 Å². The van der Waals surface area contributed by atoms with E-state index in [1.807, 2.05) is 36.4 Å². The second-order valence-electron chi connectivity index (χ2n) is 5.31. The van der Waals surface area contributed by atoms with Crippen molar-refractivity contribution in [1.82, 2.24) is 0 Å². The second kappa shape index (κ2) is 7.06. The van der Waals surface area contributed by atoms with Gasteiger partial charge in [0.25, 0.3) is 5.91 Å². The van der Waals surface area contributed by atoms with Gasteiger partial charge in [-0.3, -0.25) is 10.1 Å². The number of hydrogen-bond donors (Lipinski definition) is 4. The Bertz CT molecular complexity index is 902. The Kier molecular flexibility index (Phi) is 4.67. The maximum absolute atomic E-state index is 12.1. The molecule has 0 radical (unpaired) electrons. The van der Waals surface area contributed by atoms with Crippen LogP contribution in [0.5, 0.6) is 0 Å². The molecule has 126 valence electrons. The average molecular weight is 352 g/mol. The van der Waals surface area contributed by atoms with Gasteiger partial charge in [-0.25, -0.2) is 4.79 Å². The monoisotopic (exact) mass is 352 g/mol. The Balaban J connectivity index is 1.66. The number of hydrogen-bond acceptors (Lipinski definition) is 4. The van der Waals surface area contributed by atoms with Crippen LogP contribution < -0.4 is 22.1 Å². The van der Waals surface area contributed by atoms with Crippen LogP contribution in [0.1, 0.15) is 10.4 Å². The van der Waals surface area contributed by atoms with Crippen LogP contribution >= 0.6 is 11.3 Å². The fourth-order valence-corrected chi connectivity index (χ4v) is 3.07. The molecule has 0 atom stereocenters. The Morgan fingerprint density at radius 1 is 0.840 bits per heavy atom. The highest BCUT2D eigenvalue weighted by molar-refractivity contribution is 7.14. The molecule has 25 heavy (non-hydrogen) atoms. The smallest absolute Gasteiger partial charge is 0.324 e. The van der Waals surface area contributed by atoms with Crippen molar-refractivity contribution in [2.75, 3.05) is 16.4 Å². The van der Waals surface area contributed by atoms with Crippen molar-refractivity contribution in [2.24, 2.45) is 5.73 Å². The third kappa shape index (κ3) is 3.96. The van der Waals surface area contributed by atoms with Gasteiger partial charge in [0.2, 0.25) is 0 Å². The van der Waals surface area contributed by atoms with Gasteiger partial charge in [-0.05, 0) is 46.8 Å². The van der Waals surface area contributed by atoms with Crippen molar-refractivity contribution >= 4 is 39.7 Å². The van der Waals surface area contributed by atoms with Gasteiger partial charge in [-0.2, -0.15) is 0 Å². The van der Waals surface area contributed by atoms with E-state index in [2.05, 4.69) is 10.6 Å². The summed E-state index contributed by atoms with van der Waals surface area (Å²) in [6.45, 7) is 0. The summed E-state index contributed by atoms with van der Waals surface area (Å²) in [5.41, 5.74) is 14.6. The summed E-state index contributed by atoms with van der Waals surface area (Å²) in [7, 11) is 0. The molecule has 3 amide bonds. The molecule has 0 aliphatic carbocycles. The minimum atomic E-state index is -0.579. The van der Waals surface area contributed by atoms with Crippen molar-refractivity contribution in [3.8, 4) is 11.1 Å². The first-order valence-corrected chi connectivity index (χ1v) is 8.32. The van der Waals surface area contributed by atoms with E-state index in [0.717, 1.165) is 11.1 Å². The molecule has 1 aromatic heterocycles. The van der Waals surface area contributed by atoms with Crippen molar-refractivity contribution in [2.45, 2.75) is 0 Å². The van der Waals surface area contributed by atoms with Crippen LogP contribution in [0.2, 0.25) is 0 Å². The van der Waals surface area contributed by atoms with Crippen molar-refractivity contribution in [3.05, 3.63) is 65.5 Å². The molecular weight excluding hydrogens is 336 g/mol. The lowest BCUT2D eigenvalue weighted by molar-refractivity contribution is 0.100. The topological polar surface area (TPSA) is 110 Å². The van der Waals surface area contributed by atoms with Crippen molar-refractivity contribution < 1.29 is 9.59 Å². The molecule has 2 aromatic carbocycles. The third-order valence-corrected chi connectivity index (χ3v) is 4.37. The predicted octanol–water partition coefficient (Wildman–Crippen LogP) is 3.74. The van der Waals surface area contributed by atoms with Crippen LogP contribution in [0.25, 0.3) is 11.1 Å². The van der Waals surface area contributed by atoms with Gasteiger partial charge in [0.1, 0.15) is 5.00 Å². The number of thiophene rings is 1. The predicted molar refractivity (Wildman–Crippen MR) is 102 cm³/mol. The van der Waals surface area contributed by atoms with Gasteiger partial charge in [-0.1, -0.05) is 24.3 Å². The number of nitrogen functional groups attached to an aromatic ring is 1. The standard InChI is InChI=1S/C18H16N4O2S/c19-13-5-1-11(2-6-13)12-3-7-14(8-4-12)21-18(24)22-17-15(16(20)23)9-10-25-17/h1-10H,19H2,(H2,20,23)(H2,21,22,24). The quantitative estimate of drug-likeness (QED) is 0.537. The highest BCUT2D eigenvalue weighted by Gasteiger charge is 2.12. The summed E-state index contributed by atoms with van der Waals surface area (Å²) in [4.78, 5) is 23.3. The molecule has 0 saturated heterocycles. The van der Waals surface area contributed by atoms with E-state index in [0.29, 0.717) is 21.9 Å². The SMILES string of the molecule is NC(=O)c1ccsc1NC(=O)Nc1ccc(-c2ccc(N)cc2)cc1. The summed E-state index contributed by atoms with van der Waals surface area (Å²) >= 11 is 1.23. The number of carbonyl (C=O) groups excluding carboxylic acids is 2. The fraction of sp³-hybridized carbons (Fsp3) is 0. The number of urea groups is 1. The minimum absolute atomic E-state index is 0.291. The lowest BCUT2D eigenvalue weighted by atomic mass is 10.1. The number of nitrogens with two attached hydrogens (primary N) is 2. The number of benzene rings is 2. The van der Waals surface area contributed by atoms with Gasteiger partial charge in [-0.15, -0.1) is 11.3 Å². The normalized spacial score (nSPS) is 10.2. The first-order valence-electron chi connectivity index (χ1n) is 7.44. The molecule has 3 rings (SSSR count). The molecule has 0 bridgehead atoms. The molecule has 6 nitrogen and oxygen atoms in total. The van der Waals surface area contributed by atoms with Crippen molar-refractivity contribution in [3.63, 3.8) is 0 Å². The van der Waals surface area contributed by atoms with Crippen LogP contribution in [0.15, 0.2) is 60.0 Å².